The Kier molecular flexibility index (Phi) is 4.93. The summed E-state index contributed by atoms with van der Waals surface area (Å²) >= 11 is 0. The summed E-state index contributed by atoms with van der Waals surface area (Å²) in [4.78, 5) is 0. The predicted octanol–water partition coefficient (Wildman–Crippen LogP) is 3.89. The number of benzene rings is 2. The standard InChI is InChI=1S/C17H21NO3/c1-12(13-6-5-7-15(10-13)19-2)18-14-8-9-16(20-3)17(11-14)21-4/h5-12,18H,1-4H3. The molecule has 0 spiro atoms. The zero-order valence-corrected chi connectivity index (χ0v) is 12.8. The summed E-state index contributed by atoms with van der Waals surface area (Å²) in [6.07, 6.45) is 0. The highest BCUT2D eigenvalue weighted by Crippen LogP contribution is 2.31. The minimum Gasteiger partial charge on any atom is -0.497 e. The first-order chi connectivity index (χ1) is 10.2. The Labute approximate surface area is 125 Å². The van der Waals surface area contributed by atoms with Crippen LogP contribution in [0.2, 0.25) is 0 Å². The molecule has 0 fully saturated rings. The first-order valence-corrected chi connectivity index (χ1v) is 6.80. The Hall–Kier alpha value is -2.36. The van der Waals surface area contributed by atoms with Crippen LogP contribution in [-0.4, -0.2) is 21.3 Å². The molecule has 21 heavy (non-hydrogen) atoms. The molecule has 4 nitrogen and oxygen atoms in total. The molecule has 1 unspecified atom stereocenters. The number of rotatable bonds is 6. The molecule has 2 rings (SSSR count). The minimum atomic E-state index is 0.151. The fraction of sp³-hybridized carbons (Fsp3) is 0.294. The SMILES string of the molecule is COc1cccc(C(C)Nc2ccc(OC)c(OC)c2)c1. The van der Waals surface area contributed by atoms with E-state index in [-0.39, 0.29) is 6.04 Å². The molecule has 0 saturated heterocycles. The number of nitrogens with one attached hydrogen (secondary N) is 1. The van der Waals surface area contributed by atoms with Gasteiger partial charge in [0.15, 0.2) is 11.5 Å². The third-order valence-electron chi connectivity index (χ3n) is 3.36. The van der Waals surface area contributed by atoms with Crippen molar-refractivity contribution >= 4 is 5.69 Å². The molecule has 1 N–H and O–H groups in total. The van der Waals surface area contributed by atoms with Gasteiger partial charge >= 0.3 is 0 Å². The monoisotopic (exact) mass is 287 g/mol. The smallest absolute Gasteiger partial charge is 0.162 e. The van der Waals surface area contributed by atoms with E-state index in [0.29, 0.717) is 5.75 Å². The average Bonchev–Trinajstić information content (AvgIpc) is 2.54. The van der Waals surface area contributed by atoms with E-state index in [4.69, 9.17) is 14.2 Å². The van der Waals surface area contributed by atoms with Crippen molar-refractivity contribution in [1.82, 2.24) is 0 Å². The van der Waals surface area contributed by atoms with E-state index in [1.807, 2.05) is 36.4 Å². The molecule has 0 saturated carbocycles. The van der Waals surface area contributed by atoms with Crippen molar-refractivity contribution in [2.45, 2.75) is 13.0 Å². The van der Waals surface area contributed by atoms with E-state index >= 15 is 0 Å². The summed E-state index contributed by atoms with van der Waals surface area (Å²) in [5.74, 6) is 2.28. The van der Waals surface area contributed by atoms with Crippen LogP contribution in [0.1, 0.15) is 18.5 Å². The number of methoxy groups -OCH3 is 3. The first-order valence-electron chi connectivity index (χ1n) is 6.80. The van der Waals surface area contributed by atoms with Crippen molar-refractivity contribution in [2.24, 2.45) is 0 Å². The Balaban J connectivity index is 2.16. The van der Waals surface area contributed by atoms with Crippen LogP contribution in [0.4, 0.5) is 5.69 Å². The molecular formula is C17H21NO3. The Bertz CT molecular complexity index is 598. The molecule has 0 aliphatic carbocycles. The lowest BCUT2D eigenvalue weighted by atomic mass is 10.1. The van der Waals surface area contributed by atoms with Crippen LogP contribution in [-0.2, 0) is 0 Å². The van der Waals surface area contributed by atoms with Crippen molar-refractivity contribution in [2.75, 3.05) is 26.6 Å². The van der Waals surface area contributed by atoms with Gasteiger partial charge in [0, 0.05) is 17.8 Å². The molecule has 0 aliphatic rings. The molecule has 4 heteroatoms. The number of hydrogen-bond acceptors (Lipinski definition) is 4. The van der Waals surface area contributed by atoms with E-state index in [1.54, 1.807) is 21.3 Å². The molecule has 2 aromatic rings. The van der Waals surface area contributed by atoms with Gasteiger partial charge in [0.1, 0.15) is 5.75 Å². The van der Waals surface area contributed by atoms with Gasteiger partial charge < -0.3 is 19.5 Å². The van der Waals surface area contributed by atoms with E-state index in [2.05, 4.69) is 18.3 Å². The van der Waals surface area contributed by atoms with Crippen molar-refractivity contribution in [1.29, 1.82) is 0 Å². The van der Waals surface area contributed by atoms with E-state index in [1.165, 1.54) is 0 Å². The van der Waals surface area contributed by atoms with Gasteiger partial charge in [-0.3, -0.25) is 0 Å². The molecule has 0 aliphatic heterocycles. The Morgan fingerprint density at radius 3 is 2.29 bits per heavy atom. The largest absolute Gasteiger partial charge is 0.497 e. The normalized spacial score (nSPS) is 11.6. The maximum atomic E-state index is 5.32. The summed E-state index contributed by atoms with van der Waals surface area (Å²) in [5, 5.41) is 3.44. The lowest BCUT2D eigenvalue weighted by Crippen LogP contribution is -2.07. The van der Waals surface area contributed by atoms with Gasteiger partial charge in [-0.25, -0.2) is 0 Å². The fourth-order valence-electron chi connectivity index (χ4n) is 2.17. The van der Waals surface area contributed by atoms with Crippen LogP contribution in [0.25, 0.3) is 0 Å². The molecule has 0 heterocycles. The van der Waals surface area contributed by atoms with Gasteiger partial charge in [0.25, 0.3) is 0 Å². The van der Waals surface area contributed by atoms with Crippen molar-refractivity contribution in [3.8, 4) is 17.2 Å². The molecule has 0 amide bonds. The highest BCUT2D eigenvalue weighted by molar-refractivity contribution is 5.55. The number of hydrogen-bond donors (Lipinski definition) is 1. The number of anilines is 1. The molecule has 1 atom stereocenters. The van der Waals surface area contributed by atoms with Gasteiger partial charge in [-0.05, 0) is 36.8 Å². The summed E-state index contributed by atoms with van der Waals surface area (Å²) in [6, 6.07) is 14.0. The quantitative estimate of drug-likeness (QED) is 0.875. The second-order valence-electron chi connectivity index (χ2n) is 4.71. The zero-order chi connectivity index (χ0) is 15.2. The van der Waals surface area contributed by atoms with Gasteiger partial charge in [0.2, 0.25) is 0 Å². The number of ether oxygens (including phenoxy) is 3. The minimum absolute atomic E-state index is 0.151. The topological polar surface area (TPSA) is 39.7 Å². The van der Waals surface area contributed by atoms with Gasteiger partial charge in [-0.15, -0.1) is 0 Å². The highest BCUT2D eigenvalue weighted by Gasteiger charge is 2.09. The molecular weight excluding hydrogens is 266 g/mol. The lowest BCUT2D eigenvalue weighted by molar-refractivity contribution is 0.355. The van der Waals surface area contributed by atoms with Crippen LogP contribution in [0.3, 0.4) is 0 Å². The Morgan fingerprint density at radius 2 is 1.62 bits per heavy atom. The van der Waals surface area contributed by atoms with Gasteiger partial charge in [-0.2, -0.15) is 0 Å². The summed E-state index contributed by atoms with van der Waals surface area (Å²) in [5.41, 5.74) is 2.13. The summed E-state index contributed by atoms with van der Waals surface area (Å²) in [6.45, 7) is 2.10. The van der Waals surface area contributed by atoms with Crippen LogP contribution < -0.4 is 19.5 Å². The third kappa shape index (κ3) is 3.60. The second kappa shape index (κ2) is 6.88. The molecule has 0 aromatic heterocycles. The van der Waals surface area contributed by atoms with E-state index in [9.17, 15) is 0 Å². The fourth-order valence-corrected chi connectivity index (χ4v) is 2.17. The van der Waals surface area contributed by atoms with E-state index in [0.717, 1.165) is 22.7 Å². The van der Waals surface area contributed by atoms with Crippen molar-refractivity contribution in [3.05, 3.63) is 48.0 Å². The molecule has 0 bridgehead atoms. The molecule has 112 valence electrons. The maximum Gasteiger partial charge on any atom is 0.162 e. The van der Waals surface area contributed by atoms with Crippen LogP contribution in [0.5, 0.6) is 17.2 Å². The van der Waals surface area contributed by atoms with Crippen LogP contribution >= 0.6 is 0 Å². The Morgan fingerprint density at radius 1 is 0.857 bits per heavy atom. The first kappa shape index (κ1) is 15.0. The van der Waals surface area contributed by atoms with Gasteiger partial charge in [-0.1, -0.05) is 12.1 Å². The second-order valence-corrected chi connectivity index (χ2v) is 4.71. The molecule has 0 radical (unpaired) electrons. The van der Waals surface area contributed by atoms with Gasteiger partial charge in [0.05, 0.1) is 21.3 Å². The van der Waals surface area contributed by atoms with Crippen LogP contribution in [0, 0.1) is 0 Å². The van der Waals surface area contributed by atoms with Crippen molar-refractivity contribution < 1.29 is 14.2 Å². The third-order valence-corrected chi connectivity index (χ3v) is 3.36. The average molecular weight is 287 g/mol. The van der Waals surface area contributed by atoms with E-state index < -0.39 is 0 Å². The summed E-state index contributed by atoms with van der Waals surface area (Å²) in [7, 11) is 4.93. The maximum absolute atomic E-state index is 5.32. The lowest BCUT2D eigenvalue weighted by Gasteiger charge is -2.17. The highest BCUT2D eigenvalue weighted by atomic mass is 16.5. The predicted molar refractivity (Wildman–Crippen MR) is 84.6 cm³/mol. The zero-order valence-electron chi connectivity index (χ0n) is 12.8. The molecule has 2 aromatic carbocycles. The van der Waals surface area contributed by atoms with Crippen molar-refractivity contribution in [3.63, 3.8) is 0 Å². The summed E-state index contributed by atoms with van der Waals surface area (Å²) < 4.78 is 15.8. The van der Waals surface area contributed by atoms with Crippen LogP contribution in [0.15, 0.2) is 42.5 Å².